The van der Waals surface area contributed by atoms with Gasteiger partial charge in [0.15, 0.2) is 0 Å². The maximum Gasteiger partial charge on any atom is 0.276 e. The van der Waals surface area contributed by atoms with Crippen molar-refractivity contribution < 1.29 is 4.79 Å². The van der Waals surface area contributed by atoms with Crippen LogP contribution in [0.5, 0.6) is 0 Å². The molecule has 0 unspecified atom stereocenters. The average molecular weight is 309 g/mol. The third kappa shape index (κ3) is 2.53. The zero-order valence-electron chi connectivity index (χ0n) is 9.85. The summed E-state index contributed by atoms with van der Waals surface area (Å²) in [5.41, 5.74) is 7.23. The van der Waals surface area contributed by atoms with Gasteiger partial charge in [-0.1, -0.05) is 15.9 Å². The number of halogens is 1. The number of nitrogens with two attached hydrogens (primary N) is 1. The highest BCUT2D eigenvalue weighted by Crippen LogP contribution is 2.17. The molecule has 5 nitrogen and oxygen atoms in total. The van der Waals surface area contributed by atoms with Gasteiger partial charge in [-0.05, 0) is 31.2 Å². The lowest BCUT2D eigenvalue weighted by molar-refractivity contribution is 0.101. The highest BCUT2D eigenvalue weighted by atomic mass is 79.9. The number of hydrogen-bond acceptors (Lipinski definition) is 3. The number of hydrogen-bond donors (Lipinski definition) is 2. The van der Waals surface area contributed by atoms with Gasteiger partial charge in [0.25, 0.3) is 5.91 Å². The second kappa shape index (κ2) is 5.22. The van der Waals surface area contributed by atoms with Crippen LogP contribution in [-0.2, 0) is 6.54 Å². The Bertz CT molecular complexity index is 562. The van der Waals surface area contributed by atoms with Gasteiger partial charge >= 0.3 is 0 Å². The molecule has 0 bridgehead atoms. The van der Waals surface area contributed by atoms with Crippen molar-refractivity contribution in [1.29, 1.82) is 0 Å². The molecule has 1 heterocycles. The quantitative estimate of drug-likeness (QED) is 0.915. The molecule has 0 atom stereocenters. The molecule has 0 aliphatic heterocycles. The third-order valence-electron chi connectivity index (χ3n) is 2.48. The minimum atomic E-state index is -0.255. The summed E-state index contributed by atoms with van der Waals surface area (Å²) >= 11 is 3.34. The van der Waals surface area contributed by atoms with Gasteiger partial charge in [0.1, 0.15) is 5.69 Å². The van der Waals surface area contributed by atoms with E-state index in [2.05, 4.69) is 26.3 Å². The smallest absolute Gasteiger partial charge is 0.276 e. The van der Waals surface area contributed by atoms with Crippen molar-refractivity contribution in [1.82, 2.24) is 9.78 Å². The Labute approximate surface area is 113 Å². The van der Waals surface area contributed by atoms with Crippen LogP contribution in [0.4, 0.5) is 11.4 Å². The van der Waals surface area contributed by atoms with Gasteiger partial charge in [-0.3, -0.25) is 9.48 Å². The Morgan fingerprint density at radius 2 is 2.11 bits per heavy atom. The molecule has 2 aromatic rings. The fourth-order valence-corrected chi connectivity index (χ4v) is 1.88. The number of nitrogen functional groups attached to an aromatic ring is 1. The third-order valence-corrected chi connectivity index (χ3v) is 3.01. The van der Waals surface area contributed by atoms with E-state index in [1.807, 2.05) is 31.2 Å². The lowest BCUT2D eigenvalue weighted by Gasteiger charge is -2.07. The summed E-state index contributed by atoms with van der Waals surface area (Å²) in [7, 11) is 0. The zero-order chi connectivity index (χ0) is 13.1. The van der Waals surface area contributed by atoms with E-state index in [4.69, 9.17) is 5.73 Å². The summed E-state index contributed by atoms with van der Waals surface area (Å²) in [6.45, 7) is 2.50. The van der Waals surface area contributed by atoms with Crippen molar-refractivity contribution in [3.05, 3.63) is 40.6 Å². The van der Waals surface area contributed by atoms with Crippen molar-refractivity contribution in [3.63, 3.8) is 0 Å². The molecule has 0 saturated carbocycles. The largest absolute Gasteiger partial charge is 0.396 e. The Kier molecular flexibility index (Phi) is 3.66. The van der Waals surface area contributed by atoms with E-state index >= 15 is 0 Å². The minimum Gasteiger partial charge on any atom is -0.396 e. The lowest BCUT2D eigenvalue weighted by Crippen LogP contribution is -2.18. The fourth-order valence-electron chi connectivity index (χ4n) is 1.61. The van der Waals surface area contributed by atoms with Gasteiger partial charge < -0.3 is 11.1 Å². The molecule has 1 amide bonds. The van der Waals surface area contributed by atoms with E-state index in [1.54, 1.807) is 4.68 Å². The van der Waals surface area contributed by atoms with E-state index < -0.39 is 0 Å². The SMILES string of the molecule is CCn1ncc(N)c1C(=O)Nc1ccc(Br)cc1. The summed E-state index contributed by atoms with van der Waals surface area (Å²) in [6, 6.07) is 7.34. The Hall–Kier alpha value is -1.82. The van der Waals surface area contributed by atoms with Crippen LogP contribution in [0.3, 0.4) is 0 Å². The van der Waals surface area contributed by atoms with Gasteiger partial charge in [0.05, 0.1) is 11.9 Å². The van der Waals surface area contributed by atoms with Crippen LogP contribution < -0.4 is 11.1 Å². The van der Waals surface area contributed by atoms with E-state index in [0.29, 0.717) is 23.6 Å². The lowest BCUT2D eigenvalue weighted by atomic mass is 10.3. The molecular formula is C12H13BrN4O. The number of carbonyl (C=O) groups is 1. The number of nitrogens with one attached hydrogen (secondary N) is 1. The highest BCUT2D eigenvalue weighted by Gasteiger charge is 2.15. The minimum absolute atomic E-state index is 0.255. The number of benzene rings is 1. The van der Waals surface area contributed by atoms with Crippen molar-refractivity contribution >= 4 is 33.2 Å². The van der Waals surface area contributed by atoms with Crippen molar-refractivity contribution in [3.8, 4) is 0 Å². The van der Waals surface area contributed by atoms with Crippen LogP contribution in [-0.4, -0.2) is 15.7 Å². The Morgan fingerprint density at radius 1 is 1.44 bits per heavy atom. The second-order valence-electron chi connectivity index (χ2n) is 3.73. The van der Waals surface area contributed by atoms with E-state index in [1.165, 1.54) is 6.20 Å². The van der Waals surface area contributed by atoms with Gasteiger partial charge in [-0.15, -0.1) is 0 Å². The monoisotopic (exact) mass is 308 g/mol. The van der Waals surface area contributed by atoms with Gasteiger partial charge in [-0.2, -0.15) is 5.10 Å². The van der Waals surface area contributed by atoms with E-state index in [-0.39, 0.29) is 5.91 Å². The second-order valence-corrected chi connectivity index (χ2v) is 4.64. The van der Waals surface area contributed by atoms with Crippen LogP contribution >= 0.6 is 15.9 Å². The molecule has 18 heavy (non-hydrogen) atoms. The molecule has 0 fully saturated rings. The predicted octanol–water partition coefficient (Wildman–Crippen LogP) is 2.50. The standard InChI is InChI=1S/C12H13BrN4O/c1-2-17-11(10(14)7-15-17)12(18)16-9-5-3-8(13)4-6-9/h3-7H,2,14H2,1H3,(H,16,18). The average Bonchev–Trinajstić information content (AvgIpc) is 2.73. The first kappa shape index (κ1) is 12.6. The molecule has 94 valence electrons. The number of aromatic nitrogens is 2. The van der Waals surface area contributed by atoms with Crippen molar-refractivity contribution in [2.24, 2.45) is 0 Å². The number of aryl methyl sites for hydroxylation is 1. The van der Waals surface area contributed by atoms with Crippen molar-refractivity contribution in [2.75, 3.05) is 11.1 Å². The van der Waals surface area contributed by atoms with Crippen LogP contribution in [0.25, 0.3) is 0 Å². The molecule has 0 spiro atoms. The van der Waals surface area contributed by atoms with Crippen LogP contribution in [0.1, 0.15) is 17.4 Å². The predicted molar refractivity (Wildman–Crippen MR) is 74.4 cm³/mol. The molecule has 2 rings (SSSR count). The van der Waals surface area contributed by atoms with Crippen molar-refractivity contribution in [2.45, 2.75) is 13.5 Å². The summed E-state index contributed by atoms with van der Waals surface area (Å²) in [4.78, 5) is 12.1. The molecule has 1 aromatic heterocycles. The maximum atomic E-state index is 12.1. The first-order valence-electron chi connectivity index (χ1n) is 5.50. The normalized spacial score (nSPS) is 10.3. The topological polar surface area (TPSA) is 72.9 Å². The number of amides is 1. The van der Waals surface area contributed by atoms with Crippen LogP contribution in [0, 0.1) is 0 Å². The Morgan fingerprint density at radius 3 is 2.72 bits per heavy atom. The van der Waals surface area contributed by atoms with Gasteiger partial charge in [0.2, 0.25) is 0 Å². The number of rotatable bonds is 3. The zero-order valence-corrected chi connectivity index (χ0v) is 11.4. The summed E-state index contributed by atoms with van der Waals surface area (Å²) in [6.07, 6.45) is 1.49. The summed E-state index contributed by atoms with van der Waals surface area (Å²) in [5, 5.41) is 6.82. The molecule has 3 N–H and O–H groups in total. The Balaban J connectivity index is 2.21. The number of carbonyl (C=O) groups excluding carboxylic acids is 1. The molecular weight excluding hydrogens is 296 g/mol. The highest BCUT2D eigenvalue weighted by molar-refractivity contribution is 9.10. The first-order chi connectivity index (χ1) is 8.61. The molecule has 0 saturated heterocycles. The molecule has 6 heteroatoms. The number of anilines is 2. The van der Waals surface area contributed by atoms with E-state index in [9.17, 15) is 4.79 Å². The summed E-state index contributed by atoms with van der Waals surface area (Å²) in [5.74, 6) is -0.255. The number of nitrogens with zero attached hydrogens (tertiary/aromatic N) is 2. The van der Waals surface area contributed by atoms with Crippen LogP contribution in [0.15, 0.2) is 34.9 Å². The molecule has 0 radical (unpaired) electrons. The fraction of sp³-hybridized carbons (Fsp3) is 0.167. The molecule has 0 aliphatic carbocycles. The molecule has 1 aromatic carbocycles. The van der Waals surface area contributed by atoms with E-state index in [0.717, 1.165) is 4.47 Å². The van der Waals surface area contributed by atoms with Crippen LogP contribution in [0.2, 0.25) is 0 Å². The molecule has 0 aliphatic rings. The van der Waals surface area contributed by atoms with Gasteiger partial charge in [0, 0.05) is 16.7 Å². The summed E-state index contributed by atoms with van der Waals surface area (Å²) < 4.78 is 2.53. The first-order valence-corrected chi connectivity index (χ1v) is 6.29. The van der Waals surface area contributed by atoms with Gasteiger partial charge in [-0.25, -0.2) is 0 Å². The maximum absolute atomic E-state index is 12.1.